The molecule has 0 bridgehead atoms. The van der Waals surface area contributed by atoms with Gasteiger partial charge in [0.05, 0.1) is 25.4 Å². The standard InChI is InChI=1S/C36H56O4/c1-24(2)10-9-11-25(3)32-33(38-8)40-36(6)31-17-14-27-22-29(39-23-26-12-15-28(37-7)16-13-26)18-20-34(27,4)30(31)19-21-35(32,36)5/h12-13,15-16,24-25,27,29,32-33H,9-11,14,17-23H2,1-8H3/t25-,27+,29+,32+,33?,34+,35-,36-/m1/s1. The first-order valence-corrected chi connectivity index (χ1v) is 16.2. The van der Waals surface area contributed by atoms with Gasteiger partial charge in [-0.05, 0) is 98.3 Å². The number of hydrogen-bond acceptors (Lipinski definition) is 4. The minimum Gasteiger partial charge on any atom is -0.497 e. The van der Waals surface area contributed by atoms with Gasteiger partial charge in [0.2, 0.25) is 0 Å². The third-order valence-corrected chi connectivity index (χ3v) is 12.1. The molecule has 0 amide bonds. The van der Waals surface area contributed by atoms with Crippen molar-refractivity contribution in [2.75, 3.05) is 14.2 Å². The van der Waals surface area contributed by atoms with Gasteiger partial charge >= 0.3 is 0 Å². The Hall–Kier alpha value is -1.36. The molecule has 5 rings (SSSR count). The lowest BCUT2D eigenvalue weighted by Crippen LogP contribution is -2.53. The van der Waals surface area contributed by atoms with Gasteiger partial charge in [0.15, 0.2) is 6.29 Å². The molecule has 1 heterocycles. The molecule has 0 radical (unpaired) electrons. The van der Waals surface area contributed by atoms with Crippen molar-refractivity contribution in [3.63, 3.8) is 0 Å². The van der Waals surface area contributed by atoms with E-state index in [0.717, 1.165) is 24.5 Å². The Labute approximate surface area is 244 Å². The van der Waals surface area contributed by atoms with Gasteiger partial charge in [-0.25, -0.2) is 0 Å². The lowest BCUT2D eigenvalue weighted by molar-refractivity contribution is -0.160. The number of fused-ring (bicyclic) bond motifs is 4. The number of ether oxygens (including phenoxy) is 4. The Morgan fingerprint density at radius 1 is 0.925 bits per heavy atom. The summed E-state index contributed by atoms with van der Waals surface area (Å²) in [6.07, 6.45) is 12.5. The Kier molecular flexibility index (Phi) is 8.83. The van der Waals surface area contributed by atoms with Crippen molar-refractivity contribution < 1.29 is 18.9 Å². The van der Waals surface area contributed by atoms with Crippen LogP contribution in [0.1, 0.15) is 111 Å². The van der Waals surface area contributed by atoms with E-state index < -0.39 is 0 Å². The van der Waals surface area contributed by atoms with Crippen LogP contribution in [0.2, 0.25) is 0 Å². The smallest absolute Gasteiger partial charge is 0.162 e. The van der Waals surface area contributed by atoms with Gasteiger partial charge in [0.1, 0.15) is 5.75 Å². The van der Waals surface area contributed by atoms with Crippen LogP contribution in [0.15, 0.2) is 35.4 Å². The summed E-state index contributed by atoms with van der Waals surface area (Å²) in [5.41, 5.74) is 4.75. The van der Waals surface area contributed by atoms with Gasteiger partial charge in [0, 0.05) is 18.4 Å². The molecule has 1 saturated heterocycles. The molecular formula is C36H56O4. The van der Waals surface area contributed by atoms with Crippen LogP contribution in [0.5, 0.6) is 5.75 Å². The molecule has 1 saturated carbocycles. The van der Waals surface area contributed by atoms with Gasteiger partial charge < -0.3 is 18.9 Å². The van der Waals surface area contributed by atoms with Gasteiger partial charge in [-0.1, -0.05) is 71.6 Å². The fraction of sp³-hybridized carbons (Fsp3) is 0.778. The summed E-state index contributed by atoms with van der Waals surface area (Å²) in [4.78, 5) is 0. The zero-order valence-electron chi connectivity index (χ0n) is 26.7. The number of methoxy groups -OCH3 is 2. The summed E-state index contributed by atoms with van der Waals surface area (Å²) >= 11 is 0. The largest absolute Gasteiger partial charge is 0.497 e. The third kappa shape index (κ3) is 5.20. The predicted octanol–water partition coefficient (Wildman–Crippen LogP) is 9.12. The van der Waals surface area contributed by atoms with Gasteiger partial charge in [-0.2, -0.15) is 0 Å². The summed E-state index contributed by atoms with van der Waals surface area (Å²) in [5, 5.41) is 0. The number of rotatable bonds is 10. The van der Waals surface area contributed by atoms with Crippen LogP contribution >= 0.6 is 0 Å². The lowest BCUT2D eigenvalue weighted by atomic mass is 9.48. The second-order valence-electron chi connectivity index (χ2n) is 14.7. The molecule has 4 nitrogen and oxygen atoms in total. The Morgan fingerprint density at radius 3 is 2.35 bits per heavy atom. The molecule has 40 heavy (non-hydrogen) atoms. The van der Waals surface area contributed by atoms with E-state index in [4.69, 9.17) is 18.9 Å². The van der Waals surface area contributed by atoms with Gasteiger partial charge in [0.25, 0.3) is 0 Å². The molecule has 0 N–H and O–H groups in total. The van der Waals surface area contributed by atoms with Crippen molar-refractivity contribution in [3.8, 4) is 5.75 Å². The third-order valence-electron chi connectivity index (χ3n) is 12.1. The Balaban J connectivity index is 1.31. The topological polar surface area (TPSA) is 36.9 Å². The maximum atomic E-state index is 7.07. The van der Waals surface area contributed by atoms with E-state index in [1.165, 1.54) is 56.9 Å². The summed E-state index contributed by atoms with van der Waals surface area (Å²) in [6, 6.07) is 8.30. The highest BCUT2D eigenvalue weighted by molar-refractivity contribution is 5.40. The number of benzene rings is 1. The molecule has 1 unspecified atom stereocenters. The van der Waals surface area contributed by atoms with E-state index >= 15 is 0 Å². The maximum Gasteiger partial charge on any atom is 0.162 e. The molecule has 0 spiro atoms. The van der Waals surface area contributed by atoms with E-state index in [1.54, 1.807) is 18.3 Å². The molecule has 1 aromatic carbocycles. The van der Waals surface area contributed by atoms with Crippen LogP contribution in [0.3, 0.4) is 0 Å². The van der Waals surface area contributed by atoms with Crippen molar-refractivity contribution in [3.05, 3.63) is 41.0 Å². The fourth-order valence-electron chi connectivity index (χ4n) is 9.44. The maximum absolute atomic E-state index is 7.07. The SMILES string of the molecule is COc1ccc(CO[C@H]2CC[C@]3(C)C4=C(CC[C@H]3C2)[C@@]2(C)OC(OC)[C@H]([C@H](C)CCCC(C)C)[C@@]2(C)CC4)cc1. The summed E-state index contributed by atoms with van der Waals surface area (Å²) in [5.74, 6) is 3.40. The van der Waals surface area contributed by atoms with Crippen molar-refractivity contribution in [1.82, 2.24) is 0 Å². The summed E-state index contributed by atoms with van der Waals surface area (Å²) in [7, 11) is 3.58. The molecular weight excluding hydrogens is 496 g/mol. The number of hydrogen-bond donors (Lipinski definition) is 0. The summed E-state index contributed by atoms with van der Waals surface area (Å²) in [6.45, 7) is 15.4. The highest BCUT2D eigenvalue weighted by atomic mass is 16.7. The predicted molar refractivity (Wildman–Crippen MR) is 162 cm³/mol. The fourth-order valence-corrected chi connectivity index (χ4v) is 9.44. The average molecular weight is 553 g/mol. The first kappa shape index (κ1) is 30.1. The molecule has 3 aliphatic carbocycles. The van der Waals surface area contributed by atoms with Crippen molar-refractivity contribution in [1.29, 1.82) is 0 Å². The average Bonchev–Trinajstić information content (AvgIpc) is 3.18. The molecule has 224 valence electrons. The van der Waals surface area contributed by atoms with Crippen molar-refractivity contribution in [2.24, 2.45) is 34.5 Å². The highest BCUT2D eigenvalue weighted by Gasteiger charge is 2.66. The van der Waals surface area contributed by atoms with E-state index in [2.05, 4.69) is 53.7 Å². The molecule has 4 heteroatoms. The van der Waals surface area contributed by atoms with Crippen LogP contribution in [-0.4, -0.2) is 32.2 Å². The Bertz CT molecular complexity index is 1050. The van der Waals surface area contributed by atoms with Gasteiger partial charge in [-0.15, -0.1) is 0 Å². The zero-order valence-corrected chi connectivity index (χ0v) is 26.7. The van der Waals surface area contributed by atoms with Crippen LogP contribution in [0.4, 0.5) is 0 Å². The van der Waals surface area contributed by atoms with Crippen LogP contribution in [-0.2, 0) is 20.8 Å². The minimum absolute atomic E-state index is 0.108. The lowest BCUT2D eigenvalue weighted by Gasteiger charge is -2.57. The normalized spacial score (nSPS) is 38.1. The van der Waals surface area contributed by atoms with E-state index in [1.807, 2.05) is 19.2 Å². The highest BCUT2D eigenvalue weighted by Crippen LogP contribution is 2.67. The zero-order chi connectivity index (χ0) is 28.7. The minimum atomic E-state index is -0.228. The second kappa shape index (κ2) is 11.7. The molecule has 4 aliphatic rings. The van der Waals surface area contributed by atoms with E-state index in [0.29, 0.717) is 30.5 Å². The number of allylic oxidation sites excluding steroid dienone is 1. The molecule has 1 aliphatic heterocycles. The van der Waals surface area contributed by atoms with Gasteiger partial charge in [-0.3, -0.25) is 0 Å². The van der Waals surface area contributed by atoms with Crippen LogP contribution in [0.25, 0.3) is 0 Å². The van der Waals surface area contributed by atoms with Crippen LogP contribution in [0, 0.1) is 34.5 Å². The van der Waals surface area contributed by atoms with Crippen molar-refractivity contribution >= 4 is 0 Å². The van der Waals surface area contributed by atoms with Crippen LogP contribution < -0.4 is 4.74 Å². The first-order valence-electron chi connectivity index (χ1n) is 16.2. The monoisotopic (exact) mass is 552 g/mol. The van der Waals surface area contributed by atoms with Crippen molar-refractivity contribution in [2.45, 2.75) is 130 Å². The molecule has 2 fully saturated rings. The molecule has 1 aromatic rings. The second-order valence-corrected chi connectivity index (χ2v) is 14.7. The Morgan fingerprint density at radius 2 is 1.68 bits per heavy atom. The van der Waals surface area contributed by atoms with E-state index in [-0.39, 0.29) is 22.7 Å². The summed E-state index contributed by atoms with van der Waals surface area (Å²) < 4.78 is 25.0. The quantitative estimate of drug-likeness (QED) is 0.271. The molecule has 8 atom stereocenters. The first-order chi connectivity index (χ1) is 19.1. The van der Waals surface area contributed by atoms with E-state index in [9.17, 15) is 0 Å². The molecule has 0 aromatic heterocycles.